The zero-order chi connectivity index (χ0) is 27.5. The van der Waals surface area contributed by atoms with Crippen LogP contribution < -0.4 is 9.46 Å². The van der Waals surface area contributed by atoms with E-state index in [9.17, 15) is 26.4 Å². The number of hydrogen-bond acceptors (Lipinski definition) is 6. The van der Waals surface area contributed by atoms with E-state index in [1.54, 1.807) is 13.1 Å². The summed E-state index contributed by atoms with van der Waals surface area (Å²) in [4.78, 5) is 16.2. The number of nitrogens with zero attached hydrogens (tertiary/aromatic N) is 1. The maximum absolute atomic E-state index is 12.9. The van der Waals surface area contributed by atoms with E-state index in [0.717, 1.165) is 16.8 Å². The molecular weight excluding hydrogens is 636 g/mol. The second-order valence-corrected chi connectivity index (χ2v) is 10.8. The van der Waals surface area contributed by atoms with Crippen LogP contribution in [0.15, 0.2) is 77.8 Å². The number of ether oxygens (including phenoxy) is 2. The molecule has 12 heteroatoms. The molecule has 1 N–H and O–H groups in total. The van der Waals surface area contributed by atoms with E-state index in [0.29, 0.717) is 14.8 Å². The highest BCUT2D eigenvalue weighted by atomic mass is 127. The van der Waals surface area contributed by atoms with Gasteiger partial charge in [-0.05, 0) is 76.9 Å². The molecule has 0 aliphatic rings. The van der Waals surface area contributed by atoms with E-state index < -0.39 is 28.1 Å². The minimum absolute atomic E-state index is 0.0949. The van der Waals surface area contributed by atoms with Crippen molar-refractivity contribution < 1.29 is 35.9 Å². The van der Waals surface area contributed by atoms with Gasteiger partial charge in [-0.25, -0.2) is 17.9 Å². The fraction of sp³-hybridized carbons (Fsp3) is 0.154. The lowest BCUT2D eigenvalue weighted by Crippen LogP contribution is -2.24. The molecule has 0 fully saturated rings. The van der Waals surface area contributed by atoms with Crippen molar-refractivity contribution in [2.24, 2.45) is 0 Å². The van der Waals surface area contributed by atoms with Crippen LogP contribution in [0.5, 0.6) is 5.75 Å². The smallest absolute Gasteiger partial charge is 0.462 e. The number of nitrogens with one attached hydrogen (secondary N) is 1. The lowest BCUT2D eigenvalue weighted by molar-refractivity contribution is -0.274. The summed E-state index contributed by atoms with van der Waals surface area (Å²) >= 11 is 2.06. The summed E-state index contributed by atoms with van der Waals surface area (Å²) in [7, 11) is -4.03. The molecule has 0 aliphatic heterocycles. The van der Waals surface area contributed by atoms with Crippen molar-refractivity contribution in [2.75, 3.05) is 6.61 Å². The minimum atomic E-state index is -4.90. The van der Waals surface area contributed by atoms with Crippen LogP contribution in [0.4, 0.5) is 13.2 Å². The van der Waals surface area contributed by atoms with Crippen molar-refractivity contribution in [2.45, 2.75) is 24.7 Å². The number of pyridine rings is 1. The topological polar surface area (TPSA) is 94.6 Å². The van der Waals surface area contributed by atoms with Gasteiger partial charge in [-0.3, -0.25) is 4.98 Å². The van der Waals surface area contributed by atoms with E-state index in [-0.39, 0.29) is 29.2 Å². The van der Waals surface area contributed by atoms with Crippen molar-refractivity contribution in [1.82, 2.24) is 9.71 Å². The highest BCUT2D eigenvalue weighted by molar-refractivity contribution is 14.1. The predicted molar refractivity (Wildman–Crippen MR) is 143 cm³/mol. The third-order valence-electron chi connectivity index (χ3n) is 5.44. The number of sulfonamides is 1. The molecule has 0 amide bonds. The number of carbonyl (C=O) groups excluding carboxylic acids is 1. The Morgan fingerprint density at radius 1 is 1.05 bits per heavy atom. The first-order valence-electron chi connectivity index (χ1n) is 11.2. The molecule has 0 bridgehead atoms. The number of fused-ring (bicyclic) bond motifs is 1. The van der Waals surface area contributed by atoms with Crippen LogP contribution in [-0.4, -0.2) is 32.3 Å². The van der Waals surface area contributed by atoms with Crippen molar-refractivity contribution in [3.63, 3.8) is 0 Å². The Hall–Kier alpha value is -3.23. The summed E-state index contributed by atoms with van der Waals surface area (Å²) in [6.45, 7) is 1.60. The molecule has 0 aliphatic carbocycles. The first-order chi connectivity index (χ1) is 18.0. The standard InChI is InChI=1S/C26H20F3IN2O5S/c1-2-36-25(33)16-8-11-20(12-9-16)38(34,35)32-15-18-7-10-19(37-26(27,28)29)13-22(18)24-23(30)21-6-4-3-5-17(21)14-31-24/h3-14,32H,2,15H2,1H3. The van der Waals surface area contributed by atoms with Crippen molar-refractivity contribution >= 4 is 49.4 Å². The molecule has 0 atom stereocenters. The molecule has 1 heterocycles. The van der Waals surface area contributed by atoms with E-state index in [1.165, 1.54) is 36.4 Å². The molecule has 3 aromatic carbocycles. The molecule has 4 aromatic rings. The number of halogens is 4. The third kappa shape index (κ3) is 6.42. The van der Waals surface area contributed by atoms with E-state index in [2.05, 4.69) is 37.0 Å². The number of alkyl halides is 3. The lowest BCUT2D eigenvalue weighted by atomic mass is 10.0. The van der Waals surface area contributed by atoms with E-state index in [4.69, 9.17) is 4.74 Å². The molecular formula is C26H20F3IN2O5S. The first kappa shape index (κ1) is 27.8. The van der Waals surface area contributed by atoms with Gasteiger partial charge in [0.15, 0.2) is 0 Å². The quantitative estimate of drug-likeness (QED) is 0.183. The average Bonchev–Trinajstić information content (AvgIpc) is 2.88. The molecule has 0 radical (unpaired) electrons. The Balaban J connectivity index is 1.68. The van der Waals surface area contributed by atoms with Gasteiger partial charge in [-0.15, -0.1) is 13.2 Å². The van der Waals surface area contributed by atoms with Crippen molar-refractivity contribution in [3.8, 4) is 17.0 Å². The van der Waals surface area contributed by atoms with Crippen molar-refractivity contribution in [1.29, 1.82) is 0 Å². The lowest BCUT2D eigenvalue weighted by Gasteiger charge is -2.16. The van der Waals surface area contributed by atoms with Crippen LogP contribution in [0.1, 0.15) is 22.8 Å². The van der Waals surface area contributed by atoms with Crippen LogP contribution in [0.3, 0.4) is 0 Å². The Morgan fingerprint density at radius 2 is 1.76 bits per heavy atom. The largest absolute Gasteiger partial charge is 0.573 e. The monoisotopic (exact) mass is 656 g/mol. The Labute approximate surface area is 230 Å². The molecule has 0 spiro atoms. The number of benzene rings is 3. The van der Waals surface area contributed by atoms with Crippen LogP contribution in [0.25, 0.3) is 22.0 Å². The molecule has 198 valence electrons. The van der Waals surface area contributed by atoms with Gasteiger partial charge >= 0.3 is 12.3 Å². The fourth-order valence-corrected chi connectivity index (χ4v) is 5.61. The van der Waals surface area contributed by atoms with Gasteiger partial charge in [-0.2, -0.15) is 0 Å². The normalized spacial score (nSPS) is 11.9. The minimum Gasteiger partial charge on any atom is -0.462 e. The van der Waals surface area contributed by atoms with Gasteiger partial charge in [0.2, 0.25) is 10.0 Å². The second kappa shape index (κ2) is 11.3. The zero-order valence-corrected chi connectivity index (χ0v) is 22.7. The SMILES string of the molecule is CCOC(=O)c1ccc(S(=O)(=O)NCc2ccc(OC(F)(F)F)cc2-c2ncc3ccccc3c2I)cc1. The fourth-order valence-electron chi connectivity index (χ4n) is 3.68. The highest BCUT2D eigenvalue weighted by Gasteiger charge is 2.31. The molecule has 0 saturated heterocycles. The molecule has 0 unspecified atom stereocenters. The molecule has 1 aromatic heterocycles. The van der Waals surface area contributed by atoms with Crippen LogP contribution in [-0.2, 0) is 21.3 Å². The summed E-state index contributed by atoms with van der Waals surface area (Å²) in [5.74, 6) is -1.04. The molecule has 38 heavy (non-hydrogen) atoms. The predicted octanol–water partition coefficient (Wildman–Crippen LogP) is 6.06. The number of esters is 1. The number of aromatic nitrogens is 1. The highest BCUT2D eigenvalue weighted by Crippen LogP contribution is 2.35. The van der Waals surface area contributed by atoms with Crippen LogP contribution in [0.2, 0.25) is 0 Å². The summed E-state index contributed by atoms with van der Waals surface area (Å²) < 4.78 is 76.8. The van der Waals surface area contributed by atoms with Gasteiger partial charge in [0.1, 0.15) is 5.75 Å². The second-order valence-electron chi connectivity index (χ2n) is 7.94. The van der Waals surface area contributed by atoms with Gasteiger partial charge in [0.05, 0.1) is 22.8 Å². The molecule has 0 saturated carbocycles. The Morgan fingerprint density at radius 3 is 2.45 bits per heavy atom. The maximum Gasteiger partial charge on any atom is 0.573 e. The number of rotatable bonds is 8. The van der Waals surface area contributed by atoms with Crippen LogP contribution >= 0.6 is 22.6 Å². The first-order valence-corrected chi connectivity index (χ1v) is 13.7. The number of hydrogen-bond donors (Lipinski definition) is 1. The maximum atomic E-state index is 12.9. The Bertz CT molecular complexity index is 1590. The summed E-state index contributed by atoms with van der Waals surface area (Å²) in [5.41, 5.74) is 1.24. The Kier molecular flexibility index (Phi) is 8.23. The van der Waals surface area contributed by atoms with Crippen LogP contribution in [0, 0.1) is 3.57 Å². The molecule has 7 nitrogen and oxygen atoms in total. The summed E-state index contributed by atoms with van der Waals surface area (Å²) in [6, 6.07) is 16.3. The number of carbonyl (C=O) groups is 1. The van der Waals surface area contributed by atoms with Crippen molar-refractivity contribution in [3.05, 3.63) is 87.6 Å². The van der Waals surface area contributed by atoms with E-state index >= 15 is 0 Å². The summed E-state index contributed by atoms with van der Waals surface area (Å²) in [5, 5.41) is 1.69. The van der Waals surface area contributed by atoms with E-state index in [1.807, 2.05) is 24.3 Å². The third-order valence-corrected chi connectivity index (χ3v) is 7.95. The zero-order valence-electron chi connectivity index (χ0n) is 19.8. The van der Waals surface area contributed by atoms with Gasteiger partial charge in [0.25, 0.3) is 0 Å². The van der Waals surface area contributed by atoms with Gasteiger partial charge < -0.3 is 9.47 Å². The summed E-state index contributed by atoms with van der Waals surface area (Å²) in [6.07, 6.45) is -3.30. The molecule has 4 rings (SSSR count). The average molecular weight is 656 g/mol. The van der Waals surface area contributed by atoms with Gasteiger partial charge in [-0.1, -0.05) is 30.3 Å². The van der Waals surface area contributed by atoms with Gasteiger partial charge in [0, 0.05) is 27.3 Å².